The van der Waals surface area contributed by atoms with E-state index < -0.39 is 0 Å². The van der Waals surface area contributed by atoms with Crippen molar-refractivity contribution in [2.75, 3.05) is 18.0 Å². The molecule has 2 aliphatic rings. The van der Waals surface area contributed by atoms with Crippen LogP contribution in [0, 0.1) is 11.3 Å². The van der Waals surface area contributed by atoms with Crippen LogP contribution in [0.5, 0.6) is 0 Å². The first-order chi connectivity index (χ1) is 9.85. The number of nitriles is 1. The standard InChI is InChI=1S/C17H16N2O/c18-9-12-5-8-17(16-4-2-1-3-15(12)16)19-10-13-6-7-14(11-19)20-13/h1-5,8,13-14H,6-7,10-11H2. The van der Waals surface area contributed by atoms with Gasteiger partial charge in [0.05, 0.1) is 23.8 Å². The molecule has 0 spiro atoms. The molecular formula is C17H16N2O. The summed E-state index contributed by atoms with van der Waals surface area (Å²) in [6, 6.07) is 14.5. The topological polar surface area (TPSA) is 36.3 Å². The third-order valence-corrected chi connectivity index (χ3v) is 4.41. The molecule has 0 N–H and O–H groups in total. The van der Waals surface area contributed by atoms with Crippen molar-refractivity contribution < 1.29 is 4.74 Å². The van der Waals surface area contributed by atoms with Gasteiger partial charge in [0, 0.05) is 29.5 Å². The summed E-state index contributed by atoms with van der Waals surface area (Å²) in [4.78, 5) is 2.43. The molecule has 0 aliphatic carbocycles. The minimum Gasteiger partial charge on any atom is -0.371 e. The van der Waals surface area contributed by atoms with Crippen LogP contribution in [-0.4, -0.2) is 25.3 Å². The van der Waals surface area contributed by atoms with Gasteiger partial charge in [-0.25, -0.2) is 0 Å². The first-order valence-corrected chi connectivity index (χ1v) is 7.17. The number of ether oxygens (including phenoxy) is 1. The van der Waals surface area contributed by atoms with E-state index in [1.807, 2.05) is 24.3 Å². The van der Waals surface area contributed by atoms with E-state index in [0.717, 1.165) is 24.0 Å². The first kappa shape index (κ1) is 11.7. The van der Waals surface area contributed by atoms with Crippen LogP contribution in [0.2, 0.25) is 0 Å². The lowest BCUT2D eigenvalue weighted by molar-refractivity contribution is 0.0306. The molecule has 20 heavy (non-hydrogen) atoms. The maximum absolute atomic E-state index is 9.25. The molecule has 2 aliphatic heterocycles. The third-order valence-electron chi connectivity index (χ3n) is 4.41. The molecule has 2 saturated heterocycles. The van der Waals surface area contributed by atoms with Crippen molar-refractivity contribution in [1.29, 1.82) is 5.26 Å². The lowest BCUT2D eigenvalue weighted by atomic mass is 10.0. The minimum absolute atomic E-state index is 0.378. The van der Waals surface area contributed by atoms with Crippen LogP contribution in [-0.2, 0) is 4.74 Å². The van der Waals surface area contributed by atoms with Crippen LogP contribution in [0.4, 0.5) is 5.69 Å². The Hall–Kier alpha value is -2.05. The third kappa shape index (κ3) is 1.76. The van der Waals surface area contributed by atoms with E-state index in [4.69, 9.17) is 4.74 Å². The van der Waals surface area contributed by atoms with Crippen molar-refractivity contribution in [2.45, 2.75) is 25.0 Å². The molecule has 2 aromatic carbocycles. The quantitative estimate of drug-likeness (QED) is 0.794. The van der Waals surface area contributed by atoms with Gasteiger partial charge in [0.1, 0.15) is 0 Å². The fourth-order valence-electron chi connectivity index (χ4n) is 3.47. The first-order valence-electron chi connectivity index (χ1n) is 7.17. The number of morpholine rings is 1. The fraction of sp³-hybridized carbons (Fsp3) is 0.353. The van der Waals surface area contributed by atoms with Crippen molar-refractivity contribution in [3.05, 3.63) is 42.0 Å². The molecule has 0 aromatic heterocycles. The maximum atomic E-state index is 9.25. The van der Waals surface area contributed by atoms with E-state index >= 15 is 0 Å². The highest BCUT2D eigenvalue weighted by Crippen LogP contribution is 2.34. The molecule has 2 atom stereocenters. The molecule has 2 fully saturated rings. The van der Waals surface area contributed by atoms with Gasteiger partial charge < -0.3 is 9.64 Å². The second-order valence-corrected chi connectivity index (χ2v) is 5.65. The number of fused-ring (bicyclic) bond motifs is 3. The summed E-state index contributed by atoms with van der Waals surface area (Å²) >= 11 is 0. The monoisotopic (exact) mass is 264 g/mol. The lowest BCUT2D eigenvalue weighted by Crippen LogP contribution is -2.42. The normalized spacial score (nSPS) is 24.9. The van der Waals surface area contributed by atoms with Gasteiger partial charge in [0.2, 0.25) is 0 Å². The summed E-state index contributed by atoms with van der Waals surface area (Å²) in [5.41, 5.74) is 1.99. The number of anilines is 1. The molecular weight excluding hydrogens is 248 g/mol. The smallest absolute Gasteiger partial charge is 0.0998 e. The van der Waals surface area contributed by atoms with Crippen LogP contribution < -0.4 is 4.90 Å². The van der Waals surface area contributed by atoms with Gasteiger partial charge in [-0.3, -0.25) is 0 Å². The predicted octanol–water partition coefficient (Wildman–Crippen LogP) is 3.08. The highest BCUT2D eigenvalue weighted by atomic mass is 16.5. The van der Waals surface area contributed by atoms with Gasteiger partial charge in [-0.1, -0.05) is 24.3 Å². The average molecular weight is 264 g/mol. The summed E-state index contributed by atoms with van der Waals surface area (Å²) in [5.74, 6) is 0. The highest BCUT2D eigenvalue weighted by Gasteiger charge is 2.34. The predicted molar refractivity (Wildman–Crippen MR) is 78.8 cm³/mol. The zero-order valence-corrected chi connectivity index (χ0v) is 11.2. The van der Waals surface area contributed by atoms with Crippen molar-refractivity contribution >= 4 is 16.5 Å². The molecule has 2 aromatic rings. The fourth-order valence-corrected chi connectivity index (χ4v) is 3.47. The summed E-state index contributed by atoms with van der Waals surface area (Å²) in [6.45, 7) is 1.93. The number of hydrogen-bond donors (Lipinski definition) is 0. The summed E-state index contributed by atoms with van der Waals surface area (Å²) < 4.78 is 5.91. The van der Waals surface area contributed by atoms with E-state index in [-0.39, 0.29) is 0 Å². The van der Waals surface area contributed by atoms with Gasteiger partial charge in [-0.15, -0.1) is 0 Å². The lowest BCUT2D eigenvalue weighted by Gasteiger charge is -2.34. The Balaban J connectivity index is 1.83. The Bertz CT molecular complexity index is 692. The Morgan fingerprint density at radius 3 is 2.40 bits per heavy atom. The van der Waals surface area contributed by atoms with E-state index in [9.17, 15) is 5.26 Å². The Morgan fingerprint density at radius 2 is 1.70 bits per heavy atom. The molecule has 2 heterocycles. The van der Waals surface area contributed by atoms with E-state index in [0.29, 0.717) is 12.2 Å². The summed E-state index contributed by atoms with van der Waals surface area (Å²) in [7, 11) is 0. The molecule has 0 saturated carbocycles. The van der Waals surface area contributed by atoms with Crippen LogP contribution >= 0.6 is 0 Å². The van der Waals surface area contributed by atoms with Gasteiger partial charge in [0.25, 0.3) is 0 Å². The summed E-state index contributed by atoms with van der Waals surface area (Å²) in [5, 5.41) is 11.5. The number of hydrogen-bond acceptors (Lipinski definition) is 3. The molecule has 3 heteroatoms. The zero-order valence-electron chi connectivity index (χ0n) is 11.2. The highest BCUT2D eigenvalue weighted by molar-refractivity contribution is 5.97. The van der Waals surface area contributed by atoms with Gasteiger partial charge >= 0.3 is 0 Å². The molecule has 0 radical (unpaired) electrons. The molecule has 2 unspecified atom stereocenters. The van der Waals surface area contributed by atoms with Crippen molar-refractivity contribution in [1.82, 2.24) is 0 Å². The van der Waals surface area contributed by atoms with Crippen LogP contribution in [0.15, 0.2) is 36.4 Å². The molecule has 3 nitrogen and oxygen atoms in total. The number of benzene rings is 2. The summed E-state index contributed by atoms with van der Waals surface area (Å²) in [6.07, 6.45) is 3.11. The van der Waals surface area contributed by atoms with Gasteiger partial charge in [-0.2, -0.15) is 5.26 Å². The number of nitrogens with zero attached hydrogens (tertiary/aromatic N) is 2. The van der Waals surface area contributed by atoms with E-state index in [1.165, 1.54) is 23.9 Å². The molecule has 2 bridgehead atoms. The number of rotatable bonds is 1. The Labute approximate surface area is 118 Å². The molecule has 100 valence electrons. The SMILES string of the molecule is N#Cc1ccc(N2CC3CCC(C2)O3)c2ccccc12. The second-order valence-electron chi connectivity index (χ2n) is 5.65. The largest absolute Gasteiger partial charge is 0.371 e. The van der Waals surface area contributed by atoms with Crippen LogP contribution in [0.3, 0.4) is 0 Å². The van der Waals surface area contributed by atoms with Crippen molar-refractivity contribution in [3.63, 3.8) is 0 Å². The van der Waals surface area contributed by atoms with Gasteiger partial charge in [0.15, 0.2) is 0 Å². The molecule has 0 amide bonds. The maximum Gasteiger partial charge on any atom is 0.0998 e. The van der Waals surface area contributed by atoms with Crippen molar-refractivity contribution in [3.8, 4) is 6.07 Å². The van der Waals surface area contributed by atoms with Crippen LogP contribution in [0.1, 0.15) is 18.4 Å². The minimum atomic E-state index is 0.378. The molecule has 4 rings (SSSR count). The van der Waals surface area contributed by atoms with E-state index in [2.05, 4.69) is 23.1 Å². The van der Waals surface area contributed by atoms with E-state index in [1.54, 1.807) is 0 Å². The Morgan fingerprint density at radius 1 is 1.00 bits per heavy atom. The average Bonchev–Trinajstić information content (AvgIpc) is 2.84. The Kier molecular flexibility index (Phi) is 2.64. The second kappa shape index (κ2) is 4.50. The van der Waals surface area contributed by atoms with Crippen molar-refractivity contribution in [2.24, 2.45) is 0 Å². The zero-order chi connectivity index (χ0) is 13.5. The van der Waals surface area contributed by atoms with Gasteiger partial charge in [-0.05, 0) is 25.0 Å². The van der Waals surface area contributed by atoms with Crippen LogP contribution in [0.25, 0.3) is 10.8 Å².